The van der Waals surface area contributed by atoms with Crippen LogP contribution in [0.5, 0.6) is 5.75 Å². The molecule has 0 aliphatic heterocycles. The van der Waals surface area contributed by atoms with E-state index in [9.17, 15) is 9.59 Å². The third-order valence-electron chi connectivity index (χ3n) is 4.13. The van der Waals surface area contributed by atoms with Crippen LogP contribution < -0.4 is 10.1 Å². The summed E-state index contributed by atoms with van der Waals surface area (Å²) in [6, 6.07) is 13.0. The molecular formula is C22H26N2O5. The summed E-state index contributed by atoms with van der Waals surface area (Å²) in [6.45, 7) is 5.24. The third kappa shape index (κ3) is 6.95. The van der Waals surface area contributed by atoms with E-state index >= 15 is 0 Å². The maximum absolute atomic E-state index is 12.1. The van der Waals surface area contributed by atoms with Gasteiger partial charge >= 0.3 is 5.97 Å². The number of nitrogens with one attached hydrogen (secondary N) is 1. The van der Waals surface area contributed by atoms with E-state index in [1.165, 1.54) is 6.21 Å². The number of amides is 1. The predicted octanol–water partition coefficient (Wildman–Crippen LogP) is 3.66. The second-order valence-electron chi connectivity index (χ2n) is 6.68. The molecule has 0 unspecified atom stereocenters. The van der Waals surface area contributed by atoms with Crippen molar-refractivity contribution in [3.8, 4) is 5.75 Å². The molecule has 1 N–H and O–H groups in total. The van der Waals surface area contributed by atoms with E-state index < -0.39 is 18.5 Å². The van der Waals surface area contributed by atoms with Crippen LogP contribution in [0.15, 0.2) is 47.6 Å². The van der Waals surface area contributed by atoms with E-state index in [0.717, 1.165) is 28.1 Å². The highest BCUT2D eigenvalue weighted by Crippen LogP contribution is 2.27. The molecule has 2 aromatic carbocycles. The summed E-state index contributed by atoms with van der Waals surface area (Å²) in [4.78, 5) is 28.8. The quantitative estimate of drug-likeness (QED) is 0.396. The van der Waals surface area contributed by atoms with Gasteiger partial charge in [0.05, 0.1) is 13.3 Å². The predicted molar refractivity (Wildman–Crippen MR) is 111 cm³/mol. The molecule has 0 bridgehead atoms. The molecule has 154 valence electrons. The summed E-state index contributed by atoms with van der Waals surface area (Å²) in [5, 5.41) is 6.52. The first-order valence-corrected chi connectivity index (χ1v) is 9.25. The van der Waals surface area contributed by atoms with Gasteiger partial charge in [-0.3, -0.25) is 4.79 Å². The lowest BCUT2D eigenvalue weighted by atomic mass is 9.98. The number of carbonyl (C=O) groups excluding carboxylic acids is 2. The van der Waals surface area contributed by atoms with Crippen molar-refractivity contribution < 1.29 is 23.9 Å². The molecule has 2 rings (SSSR count). The smallest absolute Gasteiger partial charge is 0.347 e. The minimum absolute atomic E-state index is 0.254. The maximum Gasteiger partial charge on any atom is 0.347 e. The third-order valence-corrected chi connectivity index (χ3v) is 4.13. The van der Waals surface area contributed by atoms with Crippen molar-refractivity contribution in [1.29, 1.82) is 0 Å². The molecule has 0 atom stereocenters. The molecule has 2 aromatic rings. The topological polar surface area (TPSA) is 86.2 Å². The maximum atomic E-state index is 12.1. The Labute approximate surface area is 170 Å². The average molecular weight is 398 g/mol. The number of benzene rings is 2. The Kier molecular flexibility index (Phi) is 8.21. The lowest BCUT2D eigenvalue weighted by Crippen LogP contribution is -2.23. The van der Waals surface area contributed by atoms with Gasteiger partial charge in [-0.05, 0) is 53.8 Å². The van der Waals surface area contributed by atoms with Gasteiger partial charge in [0, 0.05) is 5.69 Å². The number of esters is 1. The van der Waals surface area contributed by atoms with Crippen molar-refractivity contribution in [2.75, 3.05) is 25.6 Å². The van der Waals surface area contributed by atoms with Crippen molar-refractivity contribution in [3.05, 3.63) is 59.2 Å². The second kappa shape index (κ2) is 10.8. The van der Waals surface area contributed by atoms with Crippen LogP contribution in [-0.4, -0.2) is 38.4 Å². The standard InChI is InChI=1S/C22H26N2O5/c1-15(2)19-7-5-6-16(3)22(19)24-20(25)13-28-21(26)14-29-23-12-17-8-10-18(27-4)11-9-17/h5-12,15H,13-14H2,1-4H3,(H,24,25)/b23-12-. The molecule has 0 heterocycles. The van der Waals surface area contributed by atoms with E-state index in [2.05, 4.69) is 10.5 Å². The Morgan fingerprint density at radius 2 is 1.83 bits per heavy atom. The lowest BCUT2D eigenvalue weighted by molar-refractivity contribution is -0.151. The number of para-hydroxylation sites is 1. The van der Waals surface area contributed by atoms with Crippen LogP contribution in [0.25, 0.3) is 0 Å². The summed E-state index contributed by atoms with van der Waals surface area (Å²) in [5.41, 5.74) is 3.52. The summed E-state index contributed by atoms with van der Waals surface area (Å²) < 4.78 is 10.00. The van der Waals surface area contributed by atoms with Crippen molar-refractivity contribution in [2.45, 2.75) is 26.7 Å². The highest BCUT2D eigenvalue weighted by molar-refractivity contribution is 5.94. The first-order valence-electron chi connectivity index (χ1n) is 9.25. The number of hydrogen-bond donors (Lipinski definition) is 1. The SMILES string of the molecule is COc1ccc(/C=N\OCC(=O)OCC(=O)Nc2c(C)cccc2C(C)C)cc1. The number of anilines is 1. The number of carbonyl (C=O) groups is 2. The van der Waals surface area contributed by atoms with Crippen molar-refractivity contribution >= 4 is 23.8 Å². The normalized spacial score (nSPS) is 10.8. The fraction of sp³-hybridized carbons (Fsp3) is 0.318. The number of nitrogens with zero attached hydrogens (tertiary/aromatic N) is 1. The minimum atomic E-state index is -0.680. The van der Waals surface area contributed by atoms with Crippen LogP contribution in [0.1, 0.15) is 36.5 Å². The molecule has 0 radical (unpaired) electrons. The molecule has 0 fully saturated rings. The number of hydrogen-bond acceptors (Lipinski definition) is 6. The number of methoxy groups -OCH3 is 1. The fourth-order valence-corrected chi connectivity index (χ4v) is 2.58. The Morgan fingerprint density at radius 3 is 2.48 bits per heavy atom. The lowest BCUT2D eigenvalue weighted by Gasteiger charge is -2.16. The van der Waals surface area contributed by atoms with Crippen LogP contribution in [0.3, 0.4) is 0 Å². The monoisotopic (exact) mass is 398 g/mol. The number of rotatable bonds is 9. The van der Waals surface area contributed by atoms with Gasteiger partial charge in [-0.1, -0.05) is 37.2 Å². The van der Waals surface area contributed by atoms with Crippen LogP contribution in [-0.2, 0) is 19.2 Å². The van der Waals surface area contributed by atoms with Gasteiger partial charge in [0.25, 0.3) is 5.91 Å². The van der Waals surface area contributed by atoms with Crippen molar-refractivity contribution in [2.24, 2.45) is 5.16 Å². The number of ether oxygens (including phenoxy) is 2. The zero-order chi connectivity index (χ0) is 21.2. The van der Waals surface area contributed by atoms with Gasteiger partial charge < -0.3 is 19.6 Å². The largest absolute Gasteiger partial charge is 0.497 e. The van der Waals surface area contributed by atoms with Gasteiger partial charge in [0.2, 0.25) is 6.61 Å². The summed E-state index contributed by atoms with van der Waals surface area (Å²) >= 11 is 0. The fourth-order valence-electron chi connectivity index (χ4n) is 2.58. The van der Waals surface area contributed by atoms with E-state index in [-0.39, 0.29) is 12.5 Å². The van der Waals surface area contributed by atoms with Gasteiger partial charge in [0.15, 0.2) is 6.61 Å². The summed E-state index contributed by atoms with van der Waals surface area (Å²) in [5.74, 6) is -0.0990. The first kappa shape index (κ1) is 21.9. The summed E-state index contributed by atoms with van der Waals surface area (Å²) in [6.07, 6.45) is 1.46. The Balaban J connectivity index is 1.76. The molecule has 0 spiro atoms. The van der Waals surface area contributed by atoms with Gasteiger partial charge in [-0.2, -0.15) is 0 Å². The van der Waals surface area contributed by atoms with Crippen LogP contribution in [0, 0.1) is 6.92 Å². The number of aryl methyl sites for hydroxylation is 1. The average Bonchev–Trinajstić information content (AvgIpc) is 2.71. The van der Waals surface area contributed by atoms with Crippen molar-refractivity contribution in [1.82, 2.24) is 0 Å². The molecule has 0 aromatic heterocycles. The van der Waals surface area contributed by atoms with Crippen LogP contribution >= 0.6 is 0 Å². The molecule has 0 saturated heterocycles. The van der Waals surface area contributed by atoms with Crippen molar-refractivity contribution in [3.63, 3.8) is 0 Å². The van der Waals surface area contributed by atoms with Gasteiger partial charge in [-0.25, -0.2) is 4.79 Å². The molecule has 7 nitrogen and oxygen atoms in total. The highest BCUT2D eigenvalue weighted by Gasteiger charge is 2.13. The molecule has 7 heteroatoms. The number of oxime groups is 1. The molecule has 1 amide bonds. The Bertz CT molecular complexity index is 860. The van der Waals surface area contributed by atoms with E-state index in [1.54, 1.807) is 31.4 Å². The molecule has 29 heavy (non-hydrogen) atoms. The highest BCUT2D eigenvalue weighted by atomic mass is 16.7. The van der Waals surface area contributed by atoms with E-state index in [0.29, 0.717) is 0 Å². The van der Waals surface area contributed by atoms with Gasteiger partial charge in [0.1, 0.15) is 5.75 Å². The summed E-state index contributed by atoms with van der Waals surface area (Å²) in [7, 11) is 1.59. The van der Waals surface area contributed by atoms with E-state index in [4.69, 9.17) is 14.3 Å². The zero-order valence-corrected chi connectivity index (χ0v) is 17.1. The van der Waals surface area contributed by atoms with Crippen LogP contribution in [0.2, 0.25) is 0 Å². The van der Waals surface area contributed by atoms with Crippen LogP contribution in [0.4, 0.5) is 5.69 Å². The zero-order valence-electron chi connectivity index (χ0n) is 17.1. The molecule has 0 aliphatic rings. The molecule has 0 saturated carbocycles. The Hall–Kier alpha value is -3.35. The van der Waals surface area contributed by atoms with Gasteiger partial charge in [-0.15, -0.1) is 0 Å². The second-order valence-corrected chi connectivity index (χ2v) is 6.68. The molecular weight excluding hydrogens is 372 g/mol. The Morgan fingerprint density at radius 1 is 1.10 bits per heavy atom. The van der Waals surface area contributed by atoms with E-state index in [1.807, 2.05) is 39.0 Å². The molecule has 0 aliphatic carbocycles. The minimum Gasteiger partial charge on any atom is -0.497 e. The first-order chi connectivity index (χ1) is 13.9.